The number of benzene rings is 2. The van der Waals surface area contributed by atoms with Crippen molar-refractivity contribution in [2.24, 2.45) is 0 Å². The Bertz CT molecular complexity index is 1300. The van der Waals surface area contributed by atoms with Gasteiger partial charge in [0.2, 0.25) is 0 Å². The summed E-state index contributed by atoms with van der Waals surface area (Å²) in [5.41, 5.74) is -1.54. The first-order valence-electron chi connectivity index (χ1n) is 8.40. The number of halogens is 4. The number of aromatic amines is 2. The molecule has 0 bridgehead atoms. The largest absolute Gasteiger partial charge is 0.486 e. The summed E-state index contributed by atoms with van der Waals surface area (Å²) >= 11 is 18.9. The maximum Gasteiger partial charge on any atom is 0.357 e. The maximum absolute atomic E-state index is 11.7. The summed E-state index contributed by atoms with van der Waals surface area (Å²) in [4.78, 5) is 37.5. The van der Waals surface area contributed by atoms with E-state index in [9.17, 15) is 19.7 Å². The van der Waals surface area contributed by atoms with Gasteiger partial charge in [-0.1, -0.05) is 35.3 Å². The summed E-state index contributed by atoms with van der Waals surface area (Å²) in [7, 11) is 0. The van der Waals surface area contributed by atoms with Gasteiger partial charge in [-0.05, 0) is 67.8 Å². The van der Waals surface area contributed by atoms with Crippen molar-refractivity contribution in [2.45, 2.75) is 6.61 Å². The Labute approximate surface area is 201 Å². The number of hydrogen-bond acceptors (Lipinski definition) is 5. The van der Waals surface area contributed by atoms with Crippen LogP contribution in [-0.4, -0.2) is 14.9 Å². The third kappa shape index (κ3) is 5.65. The Balaban J connectivity index is 1.86. The first-order chi connectivity index (χ1) is 14.7. The standard InChI is InChI=1S/C19H11Br2Cl2N3O5/c20-12-5-9(1-4-15-16(26(29)30)18(27)25-19(28)24-15)6-13(21)17(12)31-8-10-2-3-11(22)7-14(10)23/h1-7H,8H2,(H2,24,25,27,28)/b4-1-. The molecule has 1 aromatic heterocycles. The molecule has 12 heteroatoms. The number of nitrogens with zero attached hydrogens (tertiary/aromatic N) is 1. The van der Waals surface area contributed by atoms with E-state index >= 15 is 0 Å². The summed E-state index contributed by atoms with van der Waals surface area (Å²) in [5, 5.41) is 12.1. The minimum absolute atomic E-state index is 0.197. The van der Waals surface area contributed by atoms with E-state index < -0.39 is 21.9 Å². The van der Waals surface area contributed by atoms with Gasteiger partial charge in [-0.3, -0.25) is 19.9 Å². The van der Waals surface area contributed by atoms with Crippen LogP contribution in [0.3, 0.4) is 0 Å². The molecule has 0 saturated carbocycles. The monoisotopic (exact) mass is 589 g/mol. The molecule has 0 aliphatic heterocycles. The molecule has 0 unspecified atom stereocenters. The van der Waals surface area contributed by atoms with Gasteiger partial charge in [-0.15, -0.1) is 0 Å². The molecule has 0 amide bonds. The second-order valence-electron chi connectivity index (χ2n) is 6.10. The van der Waals surface area contributed by atoms with Crippen LogP contribution in [0.1, 0.15) is 16.8 Å². The van der Waals surface area contributed by atoms with E-state index in [1.807, 2.05) is 4.98 Å². The van der Waals surface area contributed by atoms with Crippen molar-refractivity contribution in [3.63, 3.8) is 0 Å². The highest BCUT2D eigenvalue weighted by atomic mass is 79.9. The summed E-state index contributed by atoms with van der Waals surface area (Å²) in [6.45, 7) is 0.197. The summed E-state index contributed by atoms with van der Waals surface area (Å²) in [6.07, 6.45) is 2.78. The predicted molar refractivity (Wildman–Crippen MR) is 126 cm³/mol. The van der Waals surface area contributed by atoms with Crippen molar-refractivity contribution in [3.05, 3.63) is 97.1 Å². The van der Waals surface area contributed by atoms with Gasteiger partial charge in [-0.2, -0.15) is 0 Å². The maximum atomic E-state index is 11.7. The molecular formula is C19H11Br2Cl2N3O5. The van der Waals surface area contributed by atoms with Crippen LogP contribution < -0.4 is 16.0 Å². The SMILES string of the molecule is O=c1[nH]c(/C=C\c2cc(Br)c(OCc3ccc(Cl)cc3Cl)c(Br)c2)c([N+](=O)[O-])c(=O)[nH]1. The van der Waals surface area contributed by atoms with Crippen molar-refractivity contribution < 1.29 is 9.66 Å². The van der Waals surface area contributed by atoms with Crippen molar-refractivity contribution in [1.29, 1.82) is 0 Å². The van der Waals surface area contributed by atoms with Gasteiger partial charge in [0.25, 0.3) is 0 Å². The number of ether oxygens (including phenoxy) is 1. The summed E-state index contributed by atoms with van der Waals surface area (Å²) in [5.74, 6) is 0.513. The fourth-order valence-electron chi connectivity index (χ4n) is 2.58. The molecule has 2 aromatic carbocycles. The number of hydrogen-bond donors (Lipinski definition) is 2. The van der Waals surface area contributed by atoms with Crippen LogP contribution in [-0.2, 0) is 6.61 Å². The number of nitro groups is 1. The average molecular weight is 592 g/mol. The minimum Gasteiger partial charge on any atom is -0.486 e. The minimum atomic E-state index is -1.08. The van der Waals surface area contributed by atoms with Crippen LogP contribution in [0.25, 0.3) is 12.2 Å². The predicted octanol–water partition coefficient (Wildman–Crippen LogP) is 5.55. The topological polar surface area (TPSA) is 118 Å². The van der Waals surface area contributed by atoms with Gasteiger partial charge in [0, 0.05) is 15.6 Å². The third-order valence-corrected chi connectivity index (χ3v) is 5.74. The van der Waals surface area contributed by atoms with Crippen LogP contribution >= 0.6 is 55.1 Å². The summed E-state index contributed by atoms with van der Waals surface area (Å²) < 4.78 is 7.04. The molecule has 160 valence electrons. The van der Waals surface area contributed by atoms with Crippen LogP contribution in [0.5, 0.6) is 5.75 Å². The quantitative estimate of drug-likeness (QED) is 0.288. The zero-order chi connectivity index (χ0) is 22.7. The Morgan fingerprint density at radius 3 is 2.35 bits per heavy atom. The highest BCUT2D eigenvalue weighted by molar-refractivity contribution is 9.11. The molecule has 0 aliphatic rings. The van der Waals surface area contributed by atoms with E-state index in [4.69, 9.17) is 27.9 Å². The van der Waals surface area contributed by atoms with Crippen LogP contribution in [0.4, 0.5) is 5.69 Å². The fourth-order valence-corrected chi connectivity index (χ4v) is 4.49. The fraction of sp³-hybridized carbons (Fsp3) is 0.0526. The number of aromatic nitrogens is 2. The van der Waals surface area contributed by atoms with Gasteiger partial charge in [0.1, 0.15) is 18.1 Å². The van der Waals surface area contributed by atoms with Crippen molar-refractivity contribution >= 4 is 72.9 Å². The second kappa shape index (κ2) is 9.82. The molecule has 8 nitrogen and oxygen atoms in total. The first-order valence-corrected chi connectivity index (χ1v) is 10.7. The molecule has 0 aliphatic carbocycles. The van der Waals surface area contributed by atoms with Crippen LogP contribution in [0, 0.1) is 10.1 Å². The molecule has 2 N–H and O–H groups in total. The van der Waals surface area contributed by atoms with E-state index in [1.54, 1.807) is 30.3 Å². The van der Waals surface area contributed by atoms with Crippen molar-refractivity contribution in [2.75, 3.05) is 0 Å². The smallest absolute Gasteiger partial charge is 0.357 e. The molecule has 31 heavy (non-hydrogen) atoms. The van der Waals surface area contributed by atoms with Crippen molar-refractivity contribution in [3.8, 4) is 5.75 Å². The van der Waals surface area contributed by atoms with E-state index in [-0.39, 0.29) is 12.3 Å². The van der Waals surface area contributed by atoms with Gasteiger partial charge in [-0.25, -0.2) is 4.79 Å². The Morgan fingerprint density at radius 2 is 1.74 bits per heavy atom. The zero-order valence-corrected chi connectivity index (χ0v) is 19.9. The Hall–Kier alpha value is -2.40. The summed E-state index contributed by atoms with van der Waals surface area (Å²) in [6, 6.07) is 8.51. The lowest BCUT2D eigenvalue weighted by molar-refractivity contribution is -0.386. The highest BCUT2D eigenvalue weighted by Crippen LogP contribution is 2.36. The molecule has 3 aromatic rings. The normalized spacial score (nSPS) is 11.1. The average Bonchev–Trinajstić information content (AvgIpc) is 2.66. The van der Waals surface area contributed by atoms with Crippen LogP contribution in [0.2, 0.25) is 10.0 Å². The van der Waals surface area contributed by atoms with E-state index in [1.165, 1.54) is 12.2 Å². The lowest BCUT2D eigenvalue weighted by Gasteiger charge is -2.12. The van der Waals surface area contributed by atoms with E-state index in [0.717, 1.165) is 5.56 Å². The van der Waals surface area contributed by atoms with Gasteiger partial charge in [0.15, 0.2) is 0 Å². The molecule has 0 spiro atoms. The highest BCUT2D eigenvalue weighted by Gasteiger charge is 2.19. The van der Waals surface area contributed by atoms with Gasteiger partial charge >= 0.3 is 16.9 Å². The Morgan fingerprint density at radius 1 is 1.06 bits per heavy atom. The van der Waals surface area contributed by atoms with Crippen molar-refractivity contribution in [1.82, 2.24) is 9.97 Å². The lowest BCUT2D eigenvalue weighted by atomic mass is 10.2. The van der Waals surface area contributed by atoms with Gasteiger partial charge < -0.3 is 9.72 Å². The third-order valence-electron chi connectivity index (χ3n) is 3.98. The number of H-pyrrole nitrogens is 2. The van der Waals surface area contributed by atoms with Gasteiger partial charge in [0.05, 0.1) is 13.9 Å². The van der Waals surface area contributed by atoms with E-state index in [2.05, 4.69) is 36.8 Å². The number of rotatable bonds is 6. The molecule has 0 fully saturated rings. The lowest BCUT2D eigenvalue weighted by Crippen LogP contribution is -2.25. The molecule has 0 saturated heterocycles. The first kappa shape index (κ1) is 23.3. The zero-order valence-electron chi connectivity index (χ0n) is 15.2. The molecule has 0 radical (unpaired) electrons. The Kier molecular flexibility index (Phi) is 7.37. The van der Waals surface area contributed by atoms with E-state index in [0.29, 0.717) is 30.3 Å². The second-order valence-corrected chi connectivity index (χ2v) is 8.65. The number of nitrogens with one attached hydrogen (secondary N) is 2. The van der Waals surface area contributed by atoms with Crippen LogP contribution in [0.15, 0.2) is 48.9 Å². The molecule has 3 rings (SSSR count). The molecular weight excluding hydrogens is 581 g/mol. The molecule has 0 atom stereocenters. The molecule has 1 heterocycles.